The summed E-state index contributed by atoms with van der Waals surface area (Å²) in [7, 11) is 2.76. The van der Waals surface area contributed by atoms with Gasteiger partial charge in [0.05, 0.1) is 24.7 Å². The monoisotopic (exact) mass is 452 g/mol. The van der Waals surface area contributed by atoms with Gasteiger partial charge in [-0.2, -0.15) is 0 Å². The molecule has 32 heavy (non-hydrogen) atoms. The summed E-state index contributed by atoms with van der Waals surface area (Å²) in [6.07, 6.45) is 0. The van der Waals surface area contributed by atoms with Crippen molar-refractivity contribution in [3.05, 3.63) is 75.2 Å². The number of esters is 1. The lowest BCUT2D eigenvalue weighted by Gasteiger charge is -2.07. The summed E-state index contributed by atoms with van der Waals surface area (Å²) in [4.78, 5) is 38.5. The third kappa shape index (κ3) is 4.97. The van der Waals surface area contributed by atoms with Gasteiger partial charge in [-0.05, 0) is 67.8 Å². The number of benzene rings is 2. The SMILES string of the molecule is COC(=O)c1c(NC(=O)c2cccc(OC)c2)sc(C(=O)Nc2cc(C)cc(C)c2)c1C. The van der Waals surface area contributed by atoms with Crippen molar-refractivity contribution in [3.8, 4) is 5.75 Å². The molecule has 0 fully saturated rings. The number of amides is 2. The van der Waals surface area contributed by atoms with Gasteiger partial charge in [-0.1, -0.05) is 12.1 Å². The summed E-state index contributed by atoms with van der Waals surface area (Å²) >= 11 is 1.02. The van der Waals surface area contributed by atoms with Crippen molar-refractivity contribution in [1.82, 2.24) is 0 Å². The van der Waals surface area contributed by atoms with Gasteiger partial charge < -0.3 is 20.1 Å². The Morgan fingerprint density at radius 2 is 1.56 bits per heavy atom. The van der Waals surface area contributed by atoms with Gasteiger partial charge in [0.1, 0.15) is 10.8 Å². The van der Waals surface area contributed by atoms with Crippen LogP contribution in [0.15, 0.2) is 42.5 Å². The molecule has 2 N–H and O–H groups in total. The van der Waals surface area contributed by atoms with Crippen LogP contribution in [0.3, 0.4) is 0 Å². The molecule has 3 rings (SSSR count). The van der Waals surface area contributed by atoms with Crippen molar-refractivity contribution in [2.24, 2.45) is 0 Å². The van der Waals surface area contributed by atoms with E-state index in [1.54, 1.807) is 31.2 Å². The molecule has 166 valence electrons. The molecule has 3 aromatic rings. The van der Waals surface area contributed by atoms with Crippen LogP contribution in [0.25, 0.3) is 0 Å². The van der Waals surface area contributed by atoms with E-state index in [9.17, 15) is 14.4 Å². The molecule has 0 saturated heterocycles. The van der Waals surface area contributed by atoms with Crippen LogP contribution < -0.4 is 15.4 Å². The highest BCUT2D eigenvalue weighted by Crippen LogP contribution is 2.35. The average Bonchev–Trinajstić information content (AvgIpc) is 3.08. The zero-order valence-corrected chi connectivity index (χ0v) is 19.3. The smallest absolute Gasteiger partial charge is 0.341 e. The van der Waals surface area contributed by atoms with Crippen LogP contribution in [0, 0.1) is 20.8 Å². The topological polar surface area (TPSA) is 93.7 Å². The Morgan fingerprint density at radius 3 is 2.19 bits per heavy atom. The van der Waals surface area contributed by atoms with E-state index in [1.165, 1.54) is 14.2 Å². The largest absolute Gasteiger partial charge is 0.497 e. The predicted octanol–water partition coefficient (Wildman–Crippen LogP) is 4.97. The second-order valence-corrected chi connectivity index (χ2v) is 8.29. The zero-order valence-electron chi connectivity index (χ0n) is 18.5. The summed E-state index contributed by atoms with van der Waals surface area (Å²) in [5.41, 5.74) is 3.63. The highest BCUT2D eigenvalue weighted by atomic mass is 32.1. The molecular weight excluding hydrogens is 428 g/mol. The lowest BCUT2D eigenvalue weighted by molar-refractivity contribution is 0.0601. The number of aryl methyl sites for hydroxylation is 2. The van der Waals surface area contributed by atoms with E-state index >= 15 is 0 Å². The van der Waals surface area contributed by atoms with E-state index in [0.29, 0.717) is 27.4 Å². The van der Waals surface area contributed by atoms with Crippen LogP contribution in [0.2, 0.25) is 0 Å². The molecule has 0 aliphatic rings. The van der Waals surface area contributed by atoms with Crippen molar-refractivity contribution in [3.63, 3.8) is 0 Å². The Balaban J connectivity index is 1.94. The third-order valence-electron chi connectivity index (χ3n) is 4.78. The fourth-order valence-corrected chi connectivity index (χ4v) is 4.43. The van der Waals surface area contributed by atoms with Gasteiger partial charge in [-0.25, -0.2) is 4.79 Å². The van der Waals surface area contributed by atoms with Gasteiger partial charge in [0.2, 0.25) is 0 Å². The van der Waals surface area contributed by atoms with Gasteiger partial charge in [0.25, 0.3) is 11.8 Å². The highest BCUT2D eigenvalue weighted by Gasteiger charge is 2.26. The van der Waals surface area contributed by atoms with E-state index < -0.39 is 11.9 Å². The van der Waals surface area contributed by atoms with Crippen LogP contribution in [-0.2, 0) is 4.74 Å². The lowest BCUT2D eigenvalue weighted by atomic mass is 10.1. The quantitative estimate of drug-likeness (QED) is 0.515. The minimum atomic E-state index is -0.634. The molecule has 0 unspecified atom stereocenters. The number of methoxy groups -OCH3 is 2. The Kier molecular flexibility index (Phi) is 6.95. The fraction of sp³-hybridized carbons (Fsp3) is 0.208. The summed E-state index contributed by atoms with van der Waals surface area (Å²) in [5, 5.41) is 5.85. The van der Waals surface area contributed by atoms with Crippen molar-refractivity contribution in [2.75, 3.05) is 24.9 Å². The maximum Gasteiger partial charge on any atom is 0.341 e. The number of hydrogen-bond acceptors (Lipinski definition) is 6. The van der Waals surface area contributed by atoms with E-state index in [-0.39, 0.29) is 16.5 Å². The molecule has 0 atom stereocenters. The first-order chi connectivity index (χ1) is 15.2. The number of rotatable bonds is 6. The highest BCUT2D eigenvalue weighted by molar-refractivity contribution is 7.19. The molecule has 1 heterocycles. The van der Waals surface area contributed by atoms with Crippen LogP contribution in [0.4, 0.5) is 10.7 Å². The summed E-state index contributed by atoms with van der Waals surface area (Å²) < 4.78 is 10.0. The first kappa shape index (κ1) is 23.0. The molecule has 0 aliphatic heterocycles. The molecule has 0 aliphatic carbocycles. The molecule has 0 spiro atoms. The molecular formula is C24H24N2O5S. The first-order valence-electron chi connectivity index (χ1n) is 9.80. The molecule has 1 aromatic heterocycles. The minimum absolute atomic E-state index is 0.152. The van der Waals surface area contributed by atoms with Crippen LogP contribution in [0.1, 0.15) is 47.1 Å². The summed E-state index contributed by atoms with van der Waals surface area (Å²) in [6, 6.07) is 12.4. The van der Waals surface area contributed by atoms with Gasteiger partial charge in [-0.15, -0.1) is 11.3 Å². The Hall–Kier alpha value is -3.65. The van der Waals surface area contributed by atoms with E-state index in [4.69, 9.17) is 9.47 Å². The number of thiophene rings is 1. The minimum Gasteiger partial charge on any atom is -0.497 e. The molecule has 0 bridgehead atoms. The van der Waals surface area contributed by atoms with E-state index in [2.05, 4.69) is 10.6 Å². The normalized spacial score (nSPS) is 10.4. The van der Waals surface area contributed by atoms with E-state index in [1.807, 2.05) is 32.0 Å². The zero-order chi connectivity index (χ0) is 23.4. The summed E-state index contributed by atoms with van der Waals surface area (Å²) in [6.45, 7) is 5.54. The summed E-state index contributed by atoms with van der Waals surface area (Å²) in [5.74, 6) is -0.909. The van der Waals surface area contributed by atoms with Gasteiger partial charge in [-0.3, -0.25) is 9.59 Å². The van der Waals surface area contributed by atoms with Crippen molar-refractivity contribution in [2.45, 2.75) is 20.8 Å². The number of anilines is 2. The standard InChI is InChI=1S/C24H24N2O5S/c1-13-9-14(2)11-17(10-13)25-22(28)20-15(3)19(24(29)31-5)23(32-20)26-21(27)16-7-6-8-18(12-16)30-4/h6-12H,1-5H3,(H,25,28)(H,26,27). The Labute approximate surface area is 190 Å². The average molecular weight is 453 g/mol. The van der Waals surface area contributed by atoms with Crippen LogP contribution in [-0.4, -0.2) is 32.0 Å². The van der Waals surface area contributed by atoms with Crippen LogP contribution in [0.5, 0.6) is 5.75 Å². The second kappa shape index (κ2) is 9.65. The molecule has 7 nitrogen and oxygen atoms in total. The second-order valence-electron chi connectivity index (χ2n) is 7.27. The number of carbonyl (C=O) groups excluding carboxylic acids is 3. The molecule has 2 amide bonds. The van der Waals surface area contributed by atoms with Gasteiger partial charge in [0, 0.05) is 11.3 Å². The van der Waals surface area contributed by atoms with Gasteiger partial charge >= 0.3 is 5.97 Å². The molecule has 0 radical (unpaired) electrons. The van der Waals surface area contributed by atoms with Crippen LogP contribution >= 0.6 is 11.3 Å². The maximum atomic E-state index is 13.0. The maximum absolute atomic E-state index is 13.0. The van der Waals surface area contributed by atoms with Gasteiger partial charge in [0.15, 0.2) is 0 Å². The Morgan fingerprint density at radius 1 is 0.875 bits per heavy atom. The fourth-order valence-electron chi connectivity index (χ4n) is 3.34. The number of ether oxygens (including phenoxy) is 2. The first-order valence-corrected chi connectivity index (χ1v) is 10.6. The molecule has 0 saturated carbocycles. The van der Waals surface area contributed by atoms with Crippen molar-refractivity contribution < 1.29 is 23.9 Å². The molecule has 2 aromatic carbocycles. The number of carbonyl (C=O) groups is 3. The van der Waals surface area contributed by atoms with E-state index in [0.717, 1.165) is 22.5 Å². The predicted molar refractivity (Wildman–Crippen MR) is 125 cm³/mol. The lowest BCUT2D eigenvalue weighted by Crippen LogP contribution is -2.14. The molecule has 8 heteroatoms. The number of nitrogens with one attached hydrogen (secondary N) is 2. The Bertz CT molecular complexity index is 1180. The van der Waals surface area contributed by atoms with Crippen molar-refractivity contribution >= 4 is 39.8 Å². The van der Waals surface area contributed by atoms with Crippen molar-refractivity contribution in [1.29, 1.82) is 0 Å². The number of hydrogen-bond donors (Lipinski definition) is 2. The third-order valence-corrected chi connectivity index (χ3v) is 5.99.